The molecule has 0 saturated heterocycles. The zero-order valence-electron chi connectivity index (χ0n) is 13.3. The van der Waals surface area contributed by atoms with Gasteiger partial charge in [-0.3, -0.25) is 9.69 Å². The molecule has 1 amide bonds. The molecule has 5 nitrogen and oxygen atoms in total. The Balaban J connectivity index is 2.57. The number of carbonyl (C=O) groups is 2. The Hall–Kier alpha value is -2.32. The lowest BCUT2D eigenvalue weighted by molar-refractivity contribution is 0.0438. The van der Waals surface area contributed by atoms with Crippen LogP contribution >= 0.6 is 0 Å². The van der Waals surface area contributed by atoms with Gasteiger partial charge in [-0.25, -0.2) is 4.79 Å². The quantitative estimate of drug-likeness (QED) is 0.641. The fraction of sp³-hybridized carbons (Fsp3) is 0.412. The van der Waals surface area contributed by atoms with Crippen molar-refractivity contribution in [2.45, 2.75) is 26.9 Å². The first kappa shape index (κ1) is 17.7. The molecule has 118 valence electrons. The Morgan fingerprint density at radius 3 is 2.23 bits per heavy atom. The van der Waals surface area contributed by atoms with Gasteiger partial charge in [0.15, 0.2) is 6.10 Å². The maximum absolute atomic E-state index is 11.9. The molecule has 1 aromatic rings. The number of esters is 1. The van der Waals surface area contributed by atoms with Crippen molar-refractivity contribution in [3.63, 3.8) is 0 Å². The minimum Gasteiger partial charge on any atom is -0.446 e. The number of ether oxygens (including phenoxy) is 1. The zero-order chi connectivity index (χ0) is 16.5. The highest BCUT2D eigenvalue weighted by molar-refractivity contribution is 5.95. The number of hydrogen-bond donors (Lipinski definition) is 1. The summed E-state index contributed by atoms with van der Waals surface area (Å²) in [5, 5.41) is 0. The van der Waals surface area contributed by atoms with Gasteiger partial charge in [-0.1, -0.05) is 25.7 Å². The van der Waals surface area contributed by atoms with Crippen LogP contribution < -0.4 is 5.73 Å². The fourth-order valence-electron chi connectivity index (χ4n) is 1.78. The van der Waals surface area contributed by atoms with Crippen molar-refractivity contribution in [2.75, 3.05) is 19.6 Å². The summed E-state index contributed by atoms with van der Waals surface area (Å²) in [6.45, 7) is 8.40. The number of benzene rings is 1. The maximum atomic E-state index is 11.9. The van der Waals surface area contributed by atoms with E-state index in [1.807, 2.05) is 0 Å². The van der Waals surface area contributed by atoms with Crippen LogP contribution in [-0.2, 0) is 4.74 Å². The lowest BCUT2D eigenvalue weighted by Crippen LogP contribution is -2.23. The average molecular weight is 302 g/mol. The Labute approximate surface area is 131 Å². The number of nitrogens with two attached hydrogens (primary N) is 1. The molecule has 2 N–H and O–H groups in total. The van der Waals surface area contributed by atoms with Crippen molar-refractivity contribution >= 4 is 11.9 Å². The molecule has 0 aliphatic heterocycles. The summed E-state index contributed by atoms with van der Waals surface area (Å²) in [5.41, 5.74) is 5.86. The van der Waals surface area contributed by atoms with Gasteiger partial charge in [-0.05, 0) is 44.3 Å². The largest absolute Gasteiger partial charge is 0.446 e. The van der Waals surface area contributed by atoms with Gasteiger partial charge in [0.1, 0.15) is 0 Å². The molecule has 1 rings (SSSR count). The molecule has 1 unspecified atom stereocenters. The van der Waals surface area contributed by atoms with Crippen LogP contribution in [0.2, 0.25) is 0 Å². The van der Waals surface area contributed by atoms with Crippen LogP contribution in [0.1, 0.15) is 41.5 Å². The third kappa shape index (κ3) is 5.58. The molecule has 0 aliphatic carbocycles. The molecule has 0 aromatic heterocycles. The molecule has 0 heterocycles. The van der Waals surface area contributed by atoms with Gasteiger partial charge in [0.2, 0.25) is 5.91 Å². The standard InChI is InChI=1S/C17H22N2O3/c1-4-19(5-2)12-6-7-13(3)22-17(21)15-10-8-14(9-11-15)16(18)20/h8-11,13H,4-5,12H2,1-3H3,(H2,18,20). The van der Waals surface area contributed by atoms with Crippen molar-refractivity contribution in [1.29, 1.82) is 0 Å². The molecule has 22 heavy (non-hydrogen) atoms. The number of primary amides is 1. The van der Waals surface area contributed by atoms with E-state index in [2.05, 4.69) is 30.6 Å². The summed E-state index contributed by atoms with van der Waals surface area (Å²) in [4.78, 5) is 25.1. The number of rotatable bonds is 6. The van der Waals surface area contributed by atoms with Gasteiger partial charge in [0.05, 0.1) is 12.1 Å². The highest BCUT2D eigenvalue weighted by atomic mass is 16.5. The highest BCUT2D eigenvalue weighted by Crippen LogP contribution is 2.07. The molecule has 0 radical (unpaired) electrons. The smallest absolute Gasteiger partial charge is 0.339 e. The first-order chi connectivity index (χ1) is 10.5. The molecule has 1 aromatic carbocycles. The predicted molar refractivity (Wildman–Crippen MR) is 85.4 cm³/mol. The molecule has 0 fully saturated rings. The molecular weight excluding hydrogens is 280 g/mol. The van der Waals surface area contributed by atoms with Crippen LogP contribution in [0.25, 0.3) is 0 Å². The molecule has 5 heteroatoms. The third-order valence-corrected chi connectivity index (χ3v) is 3.19. The summed E-state index contributed by atoms with van der Waals surface area (Å²) >= 11 is 0. The van der Waals surface area contributed by atoms with Gasteiger partial charge in [-0.2, -0.15) is 0 Å². The molecule has 1 atom stereocenters. The first-order valence-corrected chi connectivity index (χ1v) is 7.29. The normalized spacial score (nSPS) is 11.5. The van der Waals surface area contributed by atoms with E-state index in [1.54, 1.807) is 6.92 Å². The SMILES string of the molecule is CCN(CC)CC#CC(C)OC(=O)c1ccc(C(N)=O)cc1. The topological polar surface area (TPSA) is 72.6 Å². The van der Waals surface area contributed by atoms with Crippen molar-refractivity contribution in [2.24, 2.45) is 5.73 Å². The predicted octanol–water partition coefficient (Wildman–Crippen LogP) is 1.68. The second-order valence-electron chi connectivity index (χ2n) is 4.77. The van der Waals surface area contributed by atoms with E-state index in [4.69, 9.17) is 10.5 Å². The van der Waals surface area contributed by atoms with Gasteiger partial charge < -0.3 is 10.5 Å². The van der Waals surface area contributed by atoms with E-state index in [0.29, 0.717) is 17.7 Å². The number of amides is 1. The minimum atomic E-state index is -0.532. The number of carbonyl (C=O) groups excluding carboxylic acids is 2. The summed E-state index contributed by atoms with van der Waals surface area (Å²) < 4.78 is 5.24. The lowest BCUT2D eigenvalue weighted by atomic mass is 10.1. The molecule has 0 aliphatic rings. The number of hydrogen-bond acceptors (Lipinski definition) is 4. The van der Waals surface area contributed by atoms with Crippen LogP contribution in [0.15, 0.2) is 24.3 Å². The number of nitrogens with zero attached hydrogens (tertiary/aromatic N) is 1. The van der Waals surface area contributed by atoms with Gasteiger partial charge in [0, 0.05) is 5.56 Å². The van der Waals surface area contributed by atoms with Crippen LogP contribution in [-0.4, -0.2) is 42.5 Å². The fourth-order valence-corrected chi connectivity index (χ4v) is 1.78. The van der Waals surface area contributed by atoms with Crippen LogP contribution in [0, 0.1) is 11.8 Å². The highest BCUT2D eigenvalue weighted by Gasteiger charge is 2.11. The lowest BCUT2D eigenvalue weighted by Gasteiger charge is -2.13. The first-order valence-electron chi connectivity index (χ1n) is 7.29. The van der Waals surface area contributed by atoms with Gasteiger partial charge >= 0.3 is 5.97 Å². The average Bonchev–Trinajstić information content (AvgIpc) is 2.51. The van der Waals surface area contributed by atoms with Gasteiger partial charge in [0.25, 0.3) is 0 Å². The van der Waals surface area contributed by atoms with Crippen molar-refractivity contribution in [1.82, 2.24) is 4.90 Å². The third-order valence-electron chi connectivity index (χ3n) is 3.19. The Morgan fingerprint density at radius 1 is 1.18 bits per heavy atom. The molecule has 0 saturated carbocycles. The second kappa shape index (κ2) is 8.85. The Morgan fingerprint density at radius 2 is 1.73 bits per heavy atom. The van der Waals surface area contributed by atoms with Crippen molar-refractivity contribution in [3.05, 3.63) is 35.4 Å². The van der Waals surface area contributed by atoms with Crippen LogP contribution in [0.5, 0.6) is 0 Å². The summed E-state index contributed by atoms with van der Waals surface area (Å²) in [6, 6.07) is 6.02. The Bertz CT molecular complexity index is 566. The van der Waals surface area contributed by atoms with E-state index in [1.165, 1.54) is 24.3 Å². The molecular formula is C17H22N2O3. The molecule has 0 bridgehead atoms. The summed E-state index contributed by atoms with van der Waals surface area (Å²) in [7, 11) is 0. The van der Waals surface area contributed by atoms with Crippen LogP contribution in [0.4, 0.5) is 0 Å². The van der Waals surface area contributed by atoms with Crippen LogP contribution in [0.3, 0.4) is 0 Å². The Kier molecular flexibility index (Phi) is 7.14. The van der Waals surface area contributed by atoms with Gasteiger partial charge in [-0.15, -0.1) is 0 Å². The van der Waals surface area contributed by atoms with E-state index in [9.17, 15) is 9.59 Å². The second-order valence-corrected chi connectivity index (χ2v) is 4.77. The van der Waals surface area contributed by atoms with E-state index in [0.717, 1.165) is 13.1 Å². The molecule has 0 spiro atoms. The zero-order valence-corrected chi connectivity index (χ0v) is 13.3. The maximum Gasteiger partial charge on any atom is 0.339 e. The van der Waals surface area contributed by atoms with E-state index in [-0.39, 0.29) is 0 Å². The van der Waals surface area contributed by atoms with E-state index >= 15 is 0 Å². The monoisotopic (exact) mass is 302 g/mol. The summed E-state index contributed by atoms with van der Waals surface area (Å²) in [6.07, 6.45) is -0.487. The minimum absolute atomic E-state index is 0.351. The van der Waals surface area contributed by atoms with Crippen molar-refractivity contribution in [3.8, 4) is 11.8 Å². The van der Waals surface area contributed by atoms with E-state index < -0.39 is 18.0 Å². The summed E-state index contributed by atoms with van der Waals surface area (Å²) in [5.74, 6) is 4.91. The van der Waals surface area contributed by atoms with Crippen molar-refractivity contribution < 1.29 is 14.3 Å².